The fourth-order valence-corrected chi connectivity index (χ4v) is 5.04. The molecular weight excluding hydrogens is 358 g/mol. The fraction of sp³-hybridized carbons (Fsp3) is 0.278. The van der Waals surface area contributed by atoms with Crippen LogP contribution in [0, 0.1) is 0 Å². The summed E-state index contributed by atoms with van der Waals surface area (Å²) in [6.45, 7) is -0.418. The van der Waals surface area contributed by atoms with E-state index < -0.39 is 33.2 Å². The van der Waals surface area contributed by atoms with E-state index in [1.165, 1.54) is 17.6 Å². The van der Waals surface area contributed by atoms with Crippen molar-refractivity contribution < 1.29 is 28.3 Å². The Bertz CT molecular complexity index is 882. The molecule has 138 valence electrons. The Balaban J connectivity index is 1.95. The van der Waals surface area contributed by atoms with Gasteiger partial charge in [-0.25, -0.2) is 13.9 Å². The Hall–Kier alpha value is -2.26. The van der Waals surface area contributed by atoms with Crippen molar-refractivity contribution >= 4 is 15.7 Å². The molecule has 0 spiro atoms. The van der Waals surface area contributed by atoms with Gasteiger partial charge >= 0.3 is 0 Å². The first-order chi connectivity index (χ1) is 12.4. The maximum Gasteiger partial charge on any atom is 0.279 e. The minimum atomic E-state index is -4.03. The van der Waals surface area contributed by atoms with Crippen LogP contribution in [0.2, 0.25) is 0 Å². The summed E-state index contributed by atoms with van der Waals surface area (Å²) in [5, 5.41) is 18.0. The summed E-state index contributed by atoms with van der Waals surface area (Å²) in [4.78, 5) is 11.9. The Morgan fingerprint density at radius 2 is 1.69 bits per heavy atom. The van der Waals surface area contributed by atoms with E-state index in [9.17, 15) is 18.3 Å². The number of hydroxylamine groups is 1. The zero-order chi connectivity index (χ0) is 18.8. The zero-order valence-corrected chi connectivity index (χ0v) is 14.6. The molecule has 2 aromatic rings. The monoisotopic (exact) mass is 377 g/mol. The van der Waals surface area contributed by atoms with Crippen molar-refractivity contribution in [1.82, 2.24) is 5.48 Å². The van der Waals surface area contributed by atoms with E-state index in [0.29, 0.717) is 0 Å². The molecule has 7 nitrogen and oxygen atoms in total. The lowest BCUT2D eigenvalue weighted by molar-refractivity contribution is -0.161. The van der Waals surface area contributed by atoms with Crippen molar-refractivity contribution in [1.29, 1.82) is 0 Å². The summed E-state index contributed by atoms with van der Waals surface area (Å²) in [7, 11) is -4.03. The van der Waals surface area contributed by atoms with Gasteiger partial charge in [-0.1, -0.05) is 42.5 Å². The molecule has 0 aliphatic carbocycles. The minimum Gasteiger partial charge on any atom is -0.378 e. The lowest BCUT2D eigenvalue weighted by Gasteiger charge is -2.36. The molecule has 3 rings (SSSR count). The second-order valence-corrected chi connectivity index (χ2v) is 8.26. The zero-order valence-electron chi connectivity index (χ0n) is 13.8. The average molecular weight is 377 g/mol. The first kappa shape index (κ1) is 18.5. The SMILES string of the molecule is O=C(NO)C1(O)COCCC1S(=O)(=O)c1ccc(-c2ccccc2)cc1. The smallest absolute Gasteiger partial charge is 0.279 e. The molecule has 1 heterocycles. The van der Waals surface area contributed by atoms with Crippen molar-refractivity contribution in [3.63, 3.8) is 0 Å². The molecule has 1 saturated heterocycles. The number of hydrogen-bond donors (Lipinski definition) is 3. The Kier molecular flexibility index (Phi) is 5.10. The van der Waals surface area contributed by atoms with Gasteiger partial charge in [-0.2, -0.15) is 0 Å². The van der Waals surface area contributed by atoms with Gasteiger partial charge in [0.2, 0.25) is 0 Å². The van der Waals surface area contributed by atoms with Crippen LogP contribution < -0.4 is 5.48 Å². The summed E-state index contributed by atoms with van der Waals surface area (Å²) in [6.07, 6.45) is -0.0628. The summed E-state index contributed by atoms with van der Waals surface area (Å²) in [5.41, 5.74) is 0.759. The first-order valence-electron chi connectivity index (χ1n) is 8.03. The second-order valence-electron chi connectivity index (χ2n) is 6.13. The van der Waals surface area contributed by atoms with Crippen LogP contribution in [-0.2, 0) is 19.4 Å². The van der Waals surface area contributed by atoms with E-state index in [0.717, 1.165) is 11.1 Å². The van der Waals surface area contributed by atoms with E-state index in [1.807, 2.05) is 30.3 Å². The van der Waals surface area contributed by atoms with E-state index in [-0.39, 0.29) is 17.9 Å². The van der Waals surface area contributed by atoms with Gasteiger partial charge < -0.3 is 9.84 Å². The van der Waals surface area contributed by atoms with E-state index in [2.05, 4.69) is 0 Å². The molecule has 1 aliphatic rings. The van der Waals surface area contributed by atoms with Crippen LogP contribution in [0.15, 0.2) is 59.5 Å². The van der Waals surface area contributed by atoms with Gasteiger partial charge in [0, 0.05) is 6.61 Å². The quantitative estimate of drug-likeness (QED) is 0.544. The molecule has 2 atom stereocenters. The number of ether oxygens (including phenoxy) is 1. The highest BCUT2D eigenvalue weighted by molar-refractivity contribution is 7.92. The van der Waals surface area contributed by atoms with Crippen molar-refractivity contribution in [3.8, 4) is 11.1 Å². The molecule has 1 fully saturated rings. The highest BCUT2D eigenvalue weighted by atomic mass is 32.2. The van der Waals surface area contributed by atoms with Gasteiger partial charge in [-0.05, 0) is 29.7 Å². The number of rotatable bonds is 4. The van der Waals surface area contributed by atoms with Crippen LogP contribution in [0.5, 0.6) is 0 Å². The molecule has 1 aliphatic heterocycles. The molecule has 0 bridgehead atoms. The largest absolute Gasteiger partial charge is 0.378 e. The third-order valence-corrected chi connectivity index (χ3v) is 6.84. The van der Waals surface area contributed by atoms with Crippen molar-refractivity contribution in [2.24, 2.45) is 0 Å². The molecule has 1 amide bonds. The standard InChI is InChI=1S/C18H19NO6S/c20-17(19-22)18(21)12-25-11-10-16(18)26(23,24)15-8-6-14(7-9-15)13-4-2-1-3-5-13/h1-9,16,21-22H,10-12H2,(H,19,20). The van der Waals surface area contributed by atoms with Gasteiger partial charge in [0.15, 0.2) is 15.4 Å². The summed E-state index contributed by atoms with van der Waals surface area (Å²) >= 11 is 0. The van der Waals surface area contributed by atoms with Crippen LogP contribution in [0.1, 0.15) is 6.42 Å². The Morgan fingerprint density at radius 1 is 1.08 bits per heavy atom. The molecule has 26 heavy (non-hydrogen) atoms. The molecule has 2 aromatic carbocycles. The third-order valence-electron chi connectivity index (χ3n) is 4.54. The molecule has 0 aromatic heterocycles. The Labute approximate surface area is 151 Å². The number of nitrogens with one attached hydrogen (secondary N) is 1. The number of carbonyl (C=O) groups excluding carboxylic acids is 1. The first-order valence-corrected chi connectivity index (χ1v) is 9.58. The number of sulfone groups is 1. The number of amides is 1. The number of aliphatic hydroxyl groups is 1. The fourth-order valence-electron chi connectivity index (χ4n) is 3.10. The number of hydrogen-bond acceptors (Lipinski definition) is 6. The molecular formula is C18H19NO6S. The molecule has 0 radical (unpaired) electrons. The Morgan fingerprint density at radius 3 is 2.31 bits per heavy atom. The lowest BCUT2D eigenvalue weighted by atomic mass is 9.95. The van der Waals surface area contributed by atoms with E-state index in [1.54, 1.807) is 12.1 Å². The minimum absolute atomic E-state index is 0.00625. The van der Waals surface area contributed by atoms with Crippen molar-refractivity contribution in [3.05, 3.63) is 54.6 Å². The van der Waals surface area contributed by atoms with Crippen molar-refractivity contribution in [2.75, 3.05) is 13.2 Å². The molecule has 3 N–H and O–H groups in total. The van der Waals surface area contributed by atoms with Gasteiger partial charge in [-0.3, -0.25) is 10.0 Å². The van der Waals surface area contributed by atoms with Crippen LogP contribution in [0.3, 0.4) is 0 Å². The average Bonchev–Trinajstić information content (AvgIpc) is 2.68. The summed E-state index contributed by atoms with van der Waals surface area (Å²) < 4.78 is 31.0. The van der Waals surface area contributed by atoms with Crippen LogP contribution in [0.4, 0.5) is 0 Å². The molecule has 8 heteroatoms. The molecule has 0 saturated carbocycles. The van der Waals surface area contributed by atoms with Crippen LogP contribution in [0.25, 0.3) is 11.1 Å². The third kappa shape index (κ3) is 3.24. The van der Waals surface area contributed by atoms with E-state index >= 15 is 0 Å². The van der Waals surface area contributed by atoms with Crippen molar-refractivity contribution in [2.45, 2.75) is 22.2 Å². The molecule has 2 unspecified atom stereocenters. The highest BCUT2D eigenvalue weighted by Crippen LogP contribution is 2.32. The number of carbonyl (C=O) groups is 1. The van der Waals surface area contributed by atoms with Gasteiger partial charge in [-0.15, -0.1) is 0 Å². The maximum atomic E-state index is 13.0. The van der Waals surface area contributed by atoms with E-state index in [4.69, 9.17) is 9.94 Å². The summed E-state index contributed by atoms with van der Waals surface area (Å²) in [5.74, 6) is -1.20. The van der Waals surface area contributed by atoms with Crippen LogP contribution in [-0.4, -0.2) is 48.7 Å². The normalized spacial score (nSPS) is 23.4. The van der Waals surface area contributed by atoms with Gasteiger partial charge in [0.05, 0.1) is 11.5 Å². The van der Waals surface area contributed by atoms with Gasteiger partial charge in [0.1, 0.15) is 5.25 Å². The number of benzene rings is 2. The highest BCUT2D eigenvalue weighted by Gasteiger charge is 2.53. The second kappa shape index (κ2) is 7.16. The lowest BCUT2D eigenvalue weighted by Crippen LogP contribution is -2.62. The topological polar surface area (TPSA) is 113 Å². The predicted molar refractivity (Wildman–Crippen MR) is 93.2 cm³/mol. The van der Waals surface area contributed by atoms with Gasteiger partial charge in [0.25, 0.3) is 5.91 Å². The predicted octanol–water partition coefficient (Wildman–Crippen LogP) is 1.15. The summed E-state index contributed by atoms with van der Waals surface area (Å²) in [6, 6.07) is 15.7. The maximum absolute atomic E-state index is 13.0. The van der Waals surface area contributed by atoms with Crippen LogP contribution >= 0.6 is 0 Å².